The Morgan fingerprint density at radius 2 is 1.91 bits per heavy atom. The Balaban J connectivity index is 1.54. The second kappa shape index (κ2) is 9.56. The molecule has 1 aliphatic carbocycles. The van der Waals surface area contributed by atoms with E-state index < -0.39 is 23.0 Å². The summed E-state index contributed by atoms with van der Waals surface area (Å²) in [6.45, 7) is 5.04. The van der Waals surface area contributed by atoms with Gasteiger partial charge in [-0.05, 0) is 31.8 Å². The van der Waals surface area contributed by atoms with E-state index >= 15 is 0 Å². The number of Topliss-reactive ketones (excluding diaryl/α,β-unsaturated/α-hetero) is 2. The molecule has 0 aromatic heterocycles. The molecule has 1 saturated heterocycles. The van der Waals surface area contributed by atoms with Crippen molar-refractivity contribution in [2.45, 2.75) is 70.0 Å². The van der Waals surface area contributed by atoms with E-state index in [1.807, 2.05) is 19.2 Å². The largest absolute Gasteiger partial charge is 0.463 e. The normalized spacial score (nSPS) is 25.5. The monoisotopic (exact) mass is 449 g/mol. The van der Waals surface area contributed by atoms with Crippen LogP contribution in [0.15, 0.2) is 52.6 Å². The number of ketones is 2. The number of hydrogen-bond acceptors (Lipinski definition) is 6. The molecular formula is C27H31NO5. The highest BCUT2D eigenvalue weighted by Crippen LogP contribution is 2.58. The van der Waals surface area contributed by atoms with E-state index in [0.29, 0.717) is 5.56 Å². The number of allylic oxidation sites excluding steroid dienone is 2. The molecule has 6 nitrogen and oxygen atoms in total. The molecule has 2 atom stereocenters. The molecule has 3 aliphatic rings. The molecule has 1 fully saturated rings. The van der Waals surface area contributed by atoms with E-state index in [4.69, 9.17) is 9.47 Å². The van der Waals surface area contributed by atoms with Crippen LogP contribution >= 0.6 is 0 Å². The van der Waals surface area contributed by atoms with Crippen LogP contribution in [0.3, 0.4) is 0 Å². The van der Waals surface area contributed by atoms with Gasteiger partial charge in [0.1, 0.15) is 0 Å². The maximum atomic E-state index is 13.5. The zero-order valence-electron chi connectivity index (χ0n) is 19.4. The first-order valence-corrected chi connectivity index (χ1v) is 11.9. The van der Waals surface area contributed by atoms with Gasteiger partial charge in [-0.2, -0.15) is 0 Å². The lowest BCUT2D eigenvalue weighted by Gasteiger charge is -2.23. The quantitative estimate of drug-likeness (QED) is 0.159. The number of fused-ring (bicyclic) bond motifs is 2. The summed E-state index contributed by atoms with van der Waals surface area (Å²) < 4.78 is 11.4. The van der Waals surface area contributed by atoms with Gasteiger partial charge in [0.2, 0.25) is 5.78 Å². The van der Waals surface area contributed by atoms with Crippen LogP contribution < -0.4 is 0 Å². The Morgan fingerprint density at radius 1 is 1.15 bits per heavy atom. The van der Waals surface area contributed by atoms with E-state index in [-0.39, 0.29) is 24.4 Å². The summed E-state index contributed by atoms with van der Waals surface area (Å²) in [7, 11) is 0. The van der Waals surface area contributed by atoms with Crippen molar-refractivity contribution >= 4 is 23.8 Å². The Hall–Kier alpha value is -2.86. The minimum absolute atomic E-state index is 0.163. The second-order valence-electron chi connectivity index (χ2n) is 9.04. The van der Waals surface area contributed by atoms with Gasteiger partial charge in [-0.25, -0.2) is 4.79 Å². The third-order valence-corrected chi connectivity index (χ3v) is 6.74. The third kappa shape index (κ3) is 4.12. The van der Waals surface area contributed by atoms with Gasteiger partial charge in [-0.3, -0.25) is 14.6 Å². The number of nitrogens with zero attached hydrogens (tertiary/aromatic N) is 1. The summed E-state index contributed by atoms with van der Waals surface area (Å²) in [5, 5.41) is 0. The van der Waals surface area contributed by atoms with Crippen LogP contribution in [0, 0.1) is 0 Å². The van der Waals surface area contributed by atoms with Gasteiger partial charge < -0.3 is 9.47 Å². The fourth-order valence-electron chi connectivity index (χ4n) is 4.65. The SMILES string of the molecule is CCCCCCOC(=O)[C@]12O[C@@]1(CC=C(C)CCC1=CCN=C1)C(=O)c1ccccc1C2=O. The highest BCUT2D eigenvalue weighted by atomic mass is 16.7. The van der Waals surface area contributed by atoms with Crippen molar-refractivity contribution in [3.05, 3.63) is 58.7 Å². The predicted octanol–water partition coefficient (Wildman–Crippen LogP) is 4.82. The lowest BCUT2D eigenvalue weighted by atomic mass is 9.72. The van der Waals surface area contributed by atoms with Crippen LogP contribution in [0.5, 0.6) is 0 Å². The Labute approximate surface area is 194 Å². The summed E-state index contributed by atoms with van der Waals surface area (Å²) in [5.74, 6) is -1.55. The van der Waals surface area contributed by atoms with E-state index in [9.17, 15) is 14.4 Å². The molecule has 6 heteroatoms. The molecule has 0 radical (unpaired) electrons. The molecule has 4 rings (SSSR count). The third-order valence-electron chi connectivity index (χ3n) is 6.74. The zero-order valence-corrected chi connectivity index (χ0v) is 19.4. The summed E-state index contributed by atoms with van der Waals surface area (Å²) in [5.41, 5.74) is -0.588. The molecule has 0 amide bonds. The number of hydrogen-bond donors (Lipinski definition) is 0. The van der Waals surface area contributed by atoms with Gasteiger partial charge in [0.15, 0.2) is 11.4 Å². The van der Waals surface area contributed by atoms with Gasteiger partial charge in [0, 0.05) is 23.8 Å². The molecule has 2 aliphatic heterocycles. The second-order valence-corrected chi connectivity index (χ2v) is 9.04. The molecule has 1 aromatic rings. The van der Waals surface area contributed by atoms with Crippen LogP contribution in [0.2, 0.25) is 0 Å². The van der Waals surface area contributed by atoms with Crippen LogP contribution in [-0.4, -0.2) is 48.1 Å². The van der Waals surface area contributed by atoms with E-state index in [0.717, 1.165) is 50.6 Å². The highest BCUT2D eigenvalue weighted by Gasteiger charge is 2.85. The highest BCUT2D eigenvalue weighted by molar-refractivity contribution is 6.32. The summed E-state index contributed by atoms with van der Waals surface area (Å²) in [4.78, 5) is 44.3. The fourth-order valence-corrected chi connectivity index (χ4v) is 4.65. The molecule has 33 heavy (non-hydrogen) atoms. The molecular weight excluding hydrogens is 418 g/mol. The van der Waals surface area contributed by atoms with Crippen molar-refractivity contribution in [2.75, 3.05) is 13.2 Å². The van der Waals surface area contributed by atoms with Gasteiger partial charge in [-0.15, -0.1) is 0 Å². The van der Waals surface area contributed by atoms with Crippen molar-refractivity contribution in [1.82, 2.24) is 0 Å². The number of carbonyl (C=O) groups is 3. The van der Waals surface area contributed by atoms with Gasteiger partial charge in [0.05, 0.1) is 13.2 Å². The molecule has 2 heterocycles. The lowest BCUT2D eigenvalue weighted by molar-refractivity contribution is -0.148. The molecule has 0 spiro atoms. The Morgan fingerprint density at radius 3 is 2.61 bits per heavy atom. The van der Waals surface area contributed by atoms with Crippen molar-refractivity contribution in [3.8, 4) is 0 Å². The first-order chi connectivity index (χ1) is 16.0. The number of aliphatic imine (C=N–C) groups is 1. The summed E-state index contributed by atoms with van der Waals surface area (Å²) >= 11 is 0. The number of rotatable bonds is 11. The average Bonchev–Trinajstić information content (AvgIpc) is 3.26. The minimum atomic E-state index is -1.87. The van der Waals surface area contributed by atoms with Crippen molar-refractivity contribution in [3.63, 3.8) is 0 Å². The summed E-state index contributed by atoms with van der Waals surface area (Å²) in [6, 6.07) is 6.61. The summed E-state index contributed by atoms with van der Waals surface area (Å²) in [6.07, 6.45) is 11.5. The Bertz CT molecular complexity index is 1050. The Kier molecular flexibility index (Phi) is 6.75. The molecule has 0 N–H and O–H groups in total. The molecule has 0 unspecified atom stereocenters. The first kappa shape index (κ1) is 23.3. The van der Waals surface area contributed by atoms with Crippen molar-refractivity contribution in [2.24, 2.45) is 4.99 Å². The topological polar surface area (TPSA) is 85.3 Å². The molecule has 174 valence electrons. The van der Waals surface area contributed by atoms with Crippen molar-refractivity contribution < 1.29 is 23.9 Å². The average molecular weight is 450 g/mol. The van der Waals surface area contributed by atoms with Crippen molar-refractivity contribution in [1.29, 1.82) is 0 Å². The predicted molar refractivity (Wildman–Crippen MR) is 126 cm³/mol. The van der Waals surface area contributed by atoms with Crippen LogP contribution in [-0.2, 0) is 14.3 Å². The number of benzene rings is 1. The standard InChI is InChI=1S/C27H31NO5/c1-3-4-5-8-17-32-25(31)27-24(30)22-10-7-6-9-21(22)23(29)26(27,33-27)15-13-19(2)11-12-20-14-16-28-18-20/h6-7,9-10,13-14,18H,3-5,8,11-12,15-17H2,1-2H3/t26-,27-/m0/s1. The van der Waals surface area contributed by atoms with Crippen LogP contribution in [0.25, 0.3) is 0 Å². The zero-order chi connectivity index (χ0) is 23.5. The van der Waals surface area contributed by atoms with Gasteiger partial charge in [0.25, 0.3) is 5.60 Å². The fraction of sp³-hybridized carbons (Fsp3) is 0.481. The lowest BCUT2D eigenvalue weighted by Crippen LogP contribution is -2.50. The van der Waals surface area contributed by atoms with Crippen LogP contribution in [0.1, 0.15) is 79.5 Å². The van der Waals surface area contributed by atoms with Crippen LogP contribution in [0.4, 0.5) is 0 Å². The maximum Gasteiger partial charge on any atom is 0.350 e. The maximum absolute atomic E-state index is 13.5. The number of carbonyl (C=O) groups excluding carboxylic acids is 3. The number of ether oxygens (including phenoxy) is 2. The minimum Gasteiger partial charge on any atom is -0.463 e. The number of epoxide rings is 1. The number of esters is 1. The van der Waals surface area contributed by atoms with E-state index in [1.165, 1.54) is 5.57 Å². The molecule has 0 saturated carbocycles. The first-order valence-electron chi connectivity index (χ1n) is 11.9. The smallest absolute Gasteiger partial charge is 0.350 e. The van der Waals surface area contributed by atoms with E-state index in [2.05, 4.69) is 18.0 Å². The molecule has 1 aromatic carbocycles. The number of unbranched alkanes of at least 4 members (excludes halogenated alkanes) is 3. The van der Waals surface area contributed by atoms with E-state index in [1.54, 1.807) is 24.3 Å². The van der Waals surface area contributed by atoms with Gasteiger partial charge in [-0.1, -0.05) is 68.2 Å². The molecule has 0 bridgehead atoms. The van der Waals surface area contributed by atoms with Gasteiger partial charge >= 0.3 is 5.97 Å².